The zero-order chi connectivity index (χ0) is 24.4. The van der Waals surface area contributed by atoms with Gasteiger partial charge in [0.05, 0.1) is 27.4 Å². The van der Waals surface area contributed by atoms with E-state index in [9.17, 15) is 4.79 Å². The molecule has 7 heteroatoms. The van der Waals surface area contributed by atoms with Gasteiger partial charge in [-0.3, -0.25) is 4.79 Å². The third-order valence-corrected chi connectivity index (χ3v) is 5.88. The van der Waals surface area contributed by atoms with E-state index in [4.69, 9.17) is 18.9 Å². The summed E-state index contributed by atoms with van der Waals surface area (Å²) in [5.41, 5.74) is 1.34. The third kappa shape index (κ3) is 8.22. The summed E-state index contributed by atoms with van der Waals surface area (Å²) in [6.45, 7) is 7.48. The average molecular weight is 516 g/mol. The summed E-state index contributed by atoms with van der Waals surface area (Å²) in [5, 5.41) is 0. The van der Waals surface area contributed by atoms with Crippen molar-refractivity contribution in [2.45, 2.75) is 51.6 Å². The Morgan fingerprint density at radius 1 is 1.03 bits per heavy atom. The van der Waals surface area contributed by atoms with E-state index in [2.05, 4.69) is 24.1 Å². The SMILES string of the molecule is COc1[c-]cc(C(C)(CCCN(C)CCc2ccc(OC)c(OC)c2)C(=O)OC(C)C)cc1.[Co]. The van der Waals surface area contributed by atoms with Gasteiger partial charge in [-0.25, -0.2) is 0 Å². The van der Waals surface area contributed by atoms with Crippen molar-refractivity contribution in [1.82, 2.24) is 4.90 Å². The van der Waals surface area contributed by atoms with Crippen LogP contribution in [0, 0.1) is 6.07 Å². The first kappa shape index (κ1) is 29.8. The van der Waals surface area contributed by atoms with Gasteiger partial charge in [-0.15, -0.1) is 17.7 Å². The fourth-order valence-corrected chi connectivity index (χ4v) is 3.76. The molecule has 0 saturated carbocycles. The van der Waals surface area contributed by atoms with Gasteiger partial charge in [0.2, 0.25) is 0 Å². The maximum Gasteiger partial charge on any atom is 0.304 e. The van der Waals surface area contributed by atoms with Crippen LogP contribution in [0.25, 0.3) is 0 Å². The Morgan fingerprint density at radius 2 is 1.74 bits per heavy atom. The van der Waals surface area contributed by atoms with Crippen molar-refractivity contribution >= 4 is 5.97 Å². The van der Waals surface area contributed by atoms with Gasteiger partial charge in [-0.2, -0.15) is 12.1 Å². The first-order valence-corrected chi connectivity index (χ1v) is 11.4. The van der Waals surface area contributed by atoms with Crippen molar-refractivity contribution < 1.29 is 40.5 Å². The quantitative estimate of drug-likeness (QED) is 0.285. The molecule has 1 unspecified atom stereocenters. The van der Waals surface area contributed by atoms with Gasteiger partial charge in [0.1, 0.15) is 0 Å². The van der Waals surface area contributed by atoms with E-state index in [0.717, 1.165) is 43.0 Å². The molecule has 0 heterocycles. The predicted molar refractivity (Wildman–Crippen MR) is 130 cm³/mol. The summed E-state index contributed by atoms with van der Waals surface area (Å²) in [6, 6.07) is 14.7. The molecular weight excluding hydrogens is 477 g/mol. The number of likely N-dealkylation sites (N-methyl/N-ethyl adjacent to an activating group) is 1. The summed E-state index contributed by atoms with van der Waals surface area (Å²) in [5.74, 6) is 1.92. The fraction of sp³-hybridized carbons (Fsp3) is 0.519. The van der Waals surface area contributed by atoms with E-state index >= 15 is 0 Å². The second-order valence-electron chi connectivity index (χ2n) is 8.78. The molecule has 1 atom stereocenters. The van der Waals surface area contributed by atoms with Gasteiger partial charge >= 0.3 is 5.97 Å². The Hall–Kier alpha value is -2.22. The Morgan fingerprint density at radius 3 is 2.29 bits per heavy atom. The summed E-state index contributed by atoms with van der Waals surface area (Å²) in [4.78, 5) is 15.3. The summed E-state index contributed by atoms with van der Waals surface area (Å²) in [6.07, 6.45) is 2.28. The second-order valence-corrected chi connectivity index (χ2v) is 8.78. The molecule has 2 aromatic rings. The van der Waals surface area contributed by atoms with Crippen LogP contribution in [0.1, 0.15) is 44.7 Å². The van der Waals surface area contributed by atoms with Crippen molar-refractivity contribution in [2.75, 3.05) is 41.5 Å². The van der Waals surface area contributed by atoms with Crippen LogP contribution in [0.15, 0.2) is 36.4 Å². The first-order chi connectivity index (χ1) is 15.7. The van der Waals surface area contributed by atoms with E-state index < -0.39 is 5.41 Å². The molecule has 0 amide bonds. The molecule has 0 bridgehead atoms. The Balaban J connectivity index is 0.00000578. The third-order valence-electron chi connectivity index (χ3n) is 5.88. The Bertz CT molecular complexity index is 887. The van der Waals surface area contributed by atoms with Crippen molar-refractivity contribution in [3.8, 4) is 17.2 Å². The largest absolute Gasteiger partial charge is 0.523 e. The second kappa shape index (κ2) is 14.2. The number of carbonyl (C=O) groups excluding carboxylic acids is 1. The smallest absolute Gasteiger partial charge is 0.304 e. The normalized spacial score (nSPS) is 12.6. The summed E-state index contributed by atoms with van der Waals surface area (Å²) >= 11 is 0. The van der Waals surface area contributed by atoms with Gasteiger partial charge < -0.3 is 23.8 Å². The van der Waals surface area contributed by atoms with Gasteiger partial charge in [0, 0.05) is 34.5 Å². The van der Waals surface area contributed by atoms with Crippen LogP contribution in [0.3, 0.4) is 0 Å². The zero-order valence-corrected chi connectivity index (χ0v) is 22.4. The maximum atomic E-state index is 13.0. The number of esters is 1. The molecule has 0 N–H and O–H groups in total. The molecule has 0 fully saturated rings. The number of benzene rings is 2. The molecule has 0 spiro atoms. The fourth-order valence-electron chi connectivity index (χ4n) is 3.76. The van der Waals surface area contributed by atoms with Crippen LogP contribution < -0.4 is 14.2 Å². The van der Waals surface area contributed by atoms with E-state index in [1.54, 1.807) is 21.3 Å². The molecule has 6 nitrogen and oxygen atoms in total. The van der Waals surface area contributed by atoms with Crippen molar-refractivity contribution in [2.24, 2.45) is 0 Å². The number of methoxy groups -OCH3 is 3. The Labute approximate surface area is 215 Å². The van der Waals surface area contributed by atoms with Gasteiger partial charge in [-0.1, -0.05) is 13.0 Å². The molecule has 34 heavy (non-hydrogen) atoms. The van der Waals surface area contributed by atoms with E-state index in [-0.39, 0.29) is 28.9 Å². The summed E-state index contributed by atoms with van der Waals surface area (Å²) < 4.78 is 21.5. The van der Waals surface area contributed by atoms with Gasteiger partial charge in [-0.05, 0) is 64.4 Å². The minimum absolute atomic E-state index is 0. The number of nitrogens with zero attached hydrogens (tertiary/aromatic N) is 1. The summed E-state index contributed by atoms with van der Waals surface area (Å²) in [7, 11) is 7.00. The zero-order valence-electron chi connectivity index (χ0n) is 21.4. The predicted octanol–water partition coefficient (Wildman–Crippen LogP) is 4.67. The molecule has 0 aliphatic heterocycles. The van der Waals surface area contributed by atoms with Crippen LogP contribution in [0.2, 0.25) is 0 Å². The number of hydrogen-bond acceptors (Lipinski definition) is 6. The molecule has 0 aliphatic carbocycles. The number of rotatable bonds is 13. The van der Waals surface area contributed by atoms with Gasteiger partial charge in [0.25, 0.3) is 0 Å². The van der Waals surface area contributed by atoms with Crippen LogP contribution in [0.5, 0.6) is 17.2 Å². The molecular formula is C27H38CoNO5-. The first-order valence-electron chi connectivity index (χ1n) is 11.4. The van der Waals surface area contributed by atoms with Gasteiger partial charge in [0.15, 0.2) is 11.5 Å². The number of carbonyl (C=O) groups is 1. The molecule has 0 saturated heterocycles. The molecule has 2 rings (SSSR count). The Kier molecular flexibility index (Phi) is 12.5. The number of ether oxygens (including phenoxy) is 4. The van der Waals surface area contributed by atoms with Crippen LogP contribution >= 0.6 is 0 Å². The van der Waals surface area contributed by atoms with Crippen LogP contribution in [0.4, 0.5) is 0 Å². The van der Waals surface area contributed by atoms with Crippen LogP contribution in [-0.4, -0.2) is 58.4 Å². The maximum absolute atomic E-state index is 13.0. The topological polar surface area (TPSA) is 57.2 Å². The van der Waals surface area contributed by atoms with Crippen molar-refractivity contribution in [3.63, 3.8) is 0 Å². The van der Waals surface area contributed by atoms with Crippen LogP contribution in [-0.2, 0) is 38.1 Å². The average Bonchev–Trinajstić information content (AvgIpc) is 2.81. The molecule has 2 aromatic carbocycles. The number of hydrogen-bond donors (Lipinski definition) is 0. The molecule has 0 aliphatic rings. The van der Waals surface area contributed by atoms with E-state index in [1.807, 2.05) is 51.1 Å². The molecule has 191 valence electrons. The monoisotopic (exact) mass is 515 g/mol. The molecule has 0 aromatic heterocycles. The standard InChI is InChI=1S/C27H38NO5.Co/c1-20(2)33-26(29)27(3,22-10-12-23(30-5)13-11-22)16-8-17-28(4)18-15-21-9-14-24(31-6)25(19-21)32-7;/h9-12,14,19-20H,8,15-18H2,1-7H3;/q-1;. The molecule has 1 radical (unpaired) electrons. The van der Waals surface area contributed by atoms with E-state index in [1.165, 1.54) is 5.56 Å². The minimum atomic E-state index is -0.739. The van der Waals surface area contributed by atoms with Crippen molar-refractivity contribution in [3.05, 3.63) is 53.6 Å². The minimum Gasteiger partial charge on any atom is -0.523 e. The van der Waals surface area contributed by atoms with Crippen molar-refractivity contribution in [1.29, 1.82) is 0 Å². The van der Waals surface area contributed by atoms with E-state index in [0.29, 0.717) is 12.2 Å².